The molecular weight excluding hydrogens is 384 g/mol. The predicted octanol–water partition coefficient (Wildman–Crippen LogP) is 3.72. The number of piperidine rings is 1. The molecule has 29 heavy (non-hydrogen) atoms. The number of hydrogen-bond acceptors (Lipinski definition) is 3. The van der Waals surface area contributed by atoms with Crippen LogP contribution in [-0.4, -0.2) is 35.3 Å². The zero-order valence-electron chi connectivity index (χ0n) is 18.2. The Labute approximate surface area is 181 Å². The molecule has 0 radical (unpaired) electrons. The number of aromatic nitrogens is 2. The van der Waals surface area contributed by atoms with Gasteiger partial charge in [-0.05, 0) is 69.7 Å². The molecular formula is C23H35ClN4O. The molecule has 0 aliphatic carbocycles. The average molecular weight is 419 g/mol. The molecule has 0 saturated carbocycles. The highest BCUT2D eigenvalue weighted by atomic mass is 35.5. The fraction of sp³-hybridized carbons (Fsp3) is 0.565. The second-order valence-corrected chi connectivity index (χ2v) is 8.63. The van der Waals surface area contributed by atoms with Gasteiger partial charge in [0.2, 0.25) is 5.91 Å². The summed E-state index contributed by atoms with van der Waals surface area (Å²) in [5, 5.41) is 11.3. The molecule has 1 aromatic carbocycles. The maximum atomic E-state index is 12.4. The van der Waals surface area contributed by atoms with Crippen LogP contribution in [0.3, 0.4) is 0 Å². The topological polar surface area (TPSA) is 59.0 Å². The van der Waals surface area contributed by atoms with E-state index in [9.17, 15) is 4.79 Å². The molecule has 5 nitrogen and oxygen atoms in total. The van der Waals surface area contributed by atoms with Crippen LogP contribution in [0, 0.1) is 26.2 Å². The largest absolute Gasteiger partial charge is 0.356 e. The SMILES string of the molecule is Cc1ccc(Cn2nc(C)c(CCC(=O)NCC3(C)CCNCC3)c2C)cc1.Cl. The van der Waals surface area contributed by atoms with E-state index in [1.165, 1.54) is 16.7 Å². The number of rotatable bonds is 7. The molecule has 1 aliphatic rings. The number of hydrogen-bond donors (Lipinski definition) is 2. The second kappa shape index (κ2) is 10.3. The van der Waals surface area contributed by atoms with Gasteiger partial charge in [0.05, 0.1) is 12.2 Å². The van der Waals surface area contributed by atoms with Crippen molar-refractivity contribution in [3.63, 3.8) is 0 Å². The average Bonchev–Trinajstić information content (AvgIpc) is 2.94. The molecule has 0 spiro atoms. The highest BCUT2D eigenvalue weighted by Crippen LogP contribution is 2.26. The Morgan fingerprint density at radius 2 is 1.83 bits per heavy atom. The fourth-order valence-corrected chi connectivity index (χ4v) is 3.96. The predicted molar refractivity (Wildman–Crippen MR) is 121 cm³/mol. The minimum Gasteiger partial charge on any atom is -0.356 e. The van der Waals surface area contributed by atoms with E-state index in [0.717, 1.165) is 56.8 Å². The minimum absolute atomic E-state index is 0. The Kier molecular flexibility index (Phi) is 8.29. The quantitative estimate of drug-likeness (QED) is 0.720. The van der Waals surface area contributed by atoms with Crippen molar-refractivity contribution in [3.05, 3.63) is 52.3 Å². The van der Waals surface area contributed by atoms with Crippen LogP contribution in [0.2, 0.25) is 0 Å². The summed E-state index contributed by atoms with van der Waals surface area (Å²) in [6, 6.07) is 8.57. The van der Waals surface area contributed by atoms with Gasteiger partial charge in [-0.2, -0.15) is 5.10 Å². The van der Waals surface area contributed by atoms with Crippen molar-refractivity contribution >= 4 is 18.3 Å². The Morgan fingerprint density at radius 1 is 1.17 bits per heavy atom. The van der Waals surface area contributed by atoms with Gasteiger partial charge in [-0.3, -0.25) is 9.48 Å². The molecule has 0 atom stereocenters. The van der Waals surface area contributed by atoms with Crippen molar-refractivity contribution in [3.8, 4) is 0 Å². The molecule has 2 N–H and O–H groups in total. The van der Waals surface area contributed by atoms with Crippen LogP contribution in [0.5, 0.6) is 0 Å². The van der Waals surface area contributed by atoms with E-state index < -0.39 is 0 Å². The van der Waals surface area contributed by atoms with Crippen LogP contribution in [0.25, 0.3) is 0 Å². The van der Waals surface area contributed by atoms with Gasteiger partial charge in [-0.15, -0.1) is 12.4 Å². The first-order valence-electron chi connectivity index (χ1n) is 10.4. The number of halogens is 1. The summed E-state index contributed by atoms with van der Waals surface area (Å²) < 4.78 is 2.06. The maximum absolute atomic E-state index is 12.4. The van der Waals surface area contributed by atoms with Crippen LogP contribution in [0.15, 0.2) is 24.3 Å². The number of carbonyl (C=O) groups is 1. The number of benzene rings is 1. The summed E-state index contributed by atoms with van der Waals surface area (Å²) in [6.07, 6.45) is 3.51. The molecule has 0 bridgehead atoms. The van der Waals surface area contributed by atoms with Crippen molar-refractivity contribution in [2.24, 2.45) is 5.41 Å². The van der Waals surface area contributed by atoms with Gasteiger partial charge in [0.25, 0.3) is 0 Å². The first kappa shape index (κ1) is 23.4. The summed E-state index contributed by atoms with van der Waals surface area (Å²) >= 11 is 0. The second-order valence-electron chi connectivity index (χ2n) is 8.63. The Hall–Kier alpha value is -1.85. The molecule has 1 saturated heterocycles. The number of amides is 1. The number of nitrogens with zero attached hydrogens (tertiary/aromatic N) is 2. The molecule has 3 rings (SSSR count). The van der Waals surface area contributed by atoms with Gasteiger partial charge in [-0.25, -0.2) is 0 Å². The number of carbonyl (C=O) groups excluding carboxylic acids is 1. The van der Waals surface area contributed by atoms with Crippen LogP contribution < -0.4 is 10.6 Å². The third-order valence-corrected chi connectivity index (χ3v) is 6.11. The molecule has 2 heterocycles. The monoisotopic (exact) mass is 418 g/mol. The van der Waals surface area contributed by atoms with E-state index >= 15 is 0 Å². The molecule has 6 heteroatoms. The lowest BCUT2D eigenvalue weighted by molar-refractivity contribution is -0.121. The van der Waals surface area contributed by atoms with Gasteiger partial charge in [0.15, 0.2) is 0 Å². The molecule has 2 aromatic rings. The van der Waals surface area contributed by atoms with E-state index in [0.29, 0.717) is 6.42 Å². The van der Waals surface area contributed by atoms with Crippen molar-refractivity contribution < 1.29 is 4.79 Å². The molecule has 160 valence electrons. The zero-order valence-corrected chi connectivity index (χ0v) is 19.0. The molecule has 1 fully saturated rings. The third kappa shape index (κ3) is 6.31. The smallest absolute Gasteiger partial charge is 0.220 e. The van der Waals surface area contributed by atoms with Crippen LogP contribution in [0.1, 0.15) is 54.3 Å². The summed E-state index contributed by atoms with van der Waals surface area (Å²) in [4.78, 5) is 12.4. The number of aryl methyl sites for hydroxylation is 2. The minimum atomic E-state index is 0. The van der Waals surface area contributed by atoms with Crippen molar-refractivity contribution in [2.45, 2.75) is 59.9 Å². The lowest BCUT2D eigenvalue weighted by atomic mass is 9.81. The van der Waals surface area contributed by atoms with Crippen molar-refractivity contribution in [2.75, 3.05) is 19.6 Å². The van der Waals surface area contributed by atoms with E-state index in [-0.39, 0.29) is 23.7 Å². The van der Waals surface area contributed by atoms with Crippen molar-refractivity contribution in [1.82, 2.24) is 20.4 Å². The van der Waals surface area contributed by atoms with Gasteiger partial charge in [0, 0.05) is 18.7 Å². The molecule has 1 aliphatic heterocycles. The lowest BCUT2D eigenvalue weighted by Gasteiger charge is -2.34. The van der Waals surface area contributed by atoms with Gasteiger partial charge in [0.1, 0.15) is 0 Å². The standard InChI is InChI=1S/C23H34N4O.ClH/c1-17-5-7-20(8-6-17)15-27-19(3)21(18(2)26-27)9-10-22(28)25-16-23(4)11-13-24-14-12-23;/h5-8,24H,9-16H2,1-4H3,(H,25,28);1H. The Morgan fingerprint density at radius 3 is 2.48 bits per heavy atom. The van der Waals surface area contributed by atoms with Gasteiger partial charge < -0.3 is 10.6 Å². The summed E-state index contributed by atoms with van der Waals surface area (Å²) in [5.74, 6) is 0.143. The van der Waals surface area contributed by atoms with E-state index in [4.69, 9.17) is 5.10 Å². The first-order valence-corrected chi connectivity index (χ1v) is 10.4. The highest BCUT2D eigenvalue weighted by Gasteiger charge is 2.27. The van der Waals surface area contributed by atoms with Crippen LogP contribution >= 0.6 is 12.4 Å². The molecule has 0 unspecified atom stereocenters. The van der Waals surface area contributed by atoms with Crippen molar-refractivity contribution in [1.29, 1.82) is 0 Å². The Balaban J connectivity index is 0.00000300. The van der Waals surface area contributed by atoms with Crippen LogP contribution in [-0.2, 0) is 17.8 Å². The van der Waals surface area contributed by atoms with Crippen LogP contribution in [0.4, 0.5) is 0 Å². The van der Waals surface area contributed by atoms with E-state index in [2.05, 4.69) is 60.4 Å². The van der Waals surface area contributed by atoms with E-state index in [1.54, 1.807) is 0 Å². The summed E-state index contributed by atoms with van der Waals surface area (Å²) in [6.45, 7) is 12.2. The lowest BCUT2D eigenvalue weighted by Crippen LogP contribution is -2.42. The normalized spacial score (nSPS) is 15.6. The zero-order chi connectivity index (χ0) is 20.1. The van der Waals surface area contributed by atoms with Gasteiger partial charge >= 0.3 is 0 Å². The molecule has 1 amide bonds. The van der Waals surface area contributed by atoms with Gasteiger partial charge in [-0.1, -0.05) is 36.8 Å². The Bertz CT molecular complexity index is 807. The number of nitrogens with one attached hydrogen (secondary N) is 2. The summed E-state index contributed by atoms with van der Waals surface area (Å²) in [5.41, 5.74) is 6.14. The highest BCUT2D eigenvalue weighted by molar-refractivity contribution is 5.85. The van der Waals surface area contributed by atoms with E-state index in [1.807, 2.05) is 6.92 Å². The fourth-order valence-electron chi connectivity index (χ4n) is 3.96. The third-order valence-electron chi connectivity index (χ3n) is 6.11. The first-order chi connectivity index (χ1) is 13.4. The maximum Gasteiger partial charge on any atom is 0.220 e. The summed E-state index contributed by atoms with van der Waals surface area (Å²) in [7, 11) is 0. The molecule has 1 aromatic heterocycles.